The van der Waals surface area contributed by atoms with E-state index >= 15 is 13.2 Å². The van der Waals surface area contributed by atoms with Crippen molar-refractivity contribution in [1.82, 2.24) is 0 Å². The third kappa shape index (κ3) is 5.39. The molecule has 1 heterocycles. The lowest BCUT2D eigenvalue weighted by Gasteiger charge is -2.18. The van der Waals surface area contributed by atoms with Crippen LogP contribution in [0.3, 0.4) is 0 Å². The fraction of sp³-hybridized carbons (Fsp3) is 0.103. The highest BCUT2D eigenvalue weighted by Crippen LogP contribution is 2.45. The van der Waals surface area contributed by atoms with Gasteiger partial charge in [0.1, 0.15) is 5.75 Å². The average molecular weight is 648 g/mol. The Morgan fingerprint density at radius 3 is 2.31 bits per heavy atom. The van der Waals surface area contributed by atoms with Crippen molar-refractivity contribution >= 4 is 32.7 Å². The number of nitrogens with zero attached hydrogens (tertiary/aromatic N) is 1. The largest absolute Gasteiger partial charge is 0.491 e. The molecule has 0 saturated carbocycles. The molecule has 1 N–H and O–H groups in total. The maximum absolute atomic E-state index is 16.0. The molecule has 0 atom stereocenters. The lowest BCUT2D eigenvalue weighted by Crippen LogP contribution is -2.15. The molecule has 0 spiro atoms. The number of carbonyl (C=O) groups is 1. The van der Waals surface area contributed by atoms with E-state index in [-0.39, 0.29) is 11.3 Å². The molecule has 0 fully saturated rings. The number of nitro groups is 1. The number of aromatic carboxylic acids is 1. The van der Waals surface area contributed by atoms with E-state index in [0.29, 0.717) is 12.1 Å². The van der Waals surface area contributed by atoms with Crippen LogP contribution in [0.25, 0.3) is 33.4 Å². The molecular weight excluding hydrogens is 630 g/mol. The molecular formula is C29H17F4NO10S. The van der Waals surface area contributed by atoms with Crippen LogP contribution >= 0.6 is 0 Å². The van der Waals surface area contributed by atoms with Crippen LogP contribution in [0, 0.1) is 33.4 Å². The molecule has 5 rings (SSSR count). The first-order valence-electron chi connectivity index (χ1n) is 12.6. The lowest BCUT2D eigenvalue weighted by molar-refractivity contribution is -0.388. The highest BCUT2D eigenvalue weighted by atomic mass is 32.2. The summed E-state index contributed by atoms with van der Waals surface area (Å²) in [5.74, 6) is -11.5. The number of rotatable bonds is 8. The van der Waals surface area contributed by atoms with Crippen LogP contribution in [-0.2, 0) is 10.1 Å². The number of hydrogen-bond acceptors (Lipinski definition) is 9. The van der Waals surface area contributed by atoms with Crippen LogP contribution in [-0.4, -0.2) is 30.5 Å². The van der Waals surface area contributed by atoms with Gasteiger partial charge in [-0.3, -0.25) is 14.9 Å². The van der Waals surface area contributed by atoms with Crippen LogP contribution < -0.4 is 14.3 Å². The van der Waals surface area contributed by atoms with Crippen molar-refractivity contribution in [3.8, 4) is 33.9 Å². The summed E-state index contributed by atoms with van der Waals surface area (Å²) < 4.78 is 102. The number of ether oxygens (including phenoxy) is 1. The van der Waals surface area contributed by atoms with Gasteiger partial charge in [-0.1, -0.05) is 18.2 Å². The maximum atomic E-state index is 16.0. The monoisotopic (exact) mass is 647 g/mol. The third-order valence-corrected chi connectivity index (χ3v) is 7.66. The Kier molecular flexibility index (Phi) is 7.70. The fourth-order valence-corrected chi connectivity index (χ4v) is 5.68. The van der Waals surface area contributed by atoms with E-state index in [2.05, 4.69) is 4.18 Å². The van der Waals surface area contributed by atoms with E-state index in [1.165, 1.54) is 12.1 Å². The Labute approximate surface area is 249 Å². The van der Waals surface area contributed by atoms with E-state index in [9.17, 15) is 37.6 Å². The number of carboxylic acid groups (broad SMARTS) is 1. The maximum Gasteiger partial charge on any atom is 0.346 e. The van der Waals surface area contributed by atoms with Crippen molar-refractivity contribution in [2.24, 2.45) is 0 Å². The van der Waals surface area contributed by atoms with E-state index < -0.39 is 106 Å². The number of fused-ring (bicyclic) bond motifs is 2. The topological polar surface area (TPSA) is 163 Å². The summed E-state index contributed by atoms with van der Waals surface area (Å²) in [6.45, 7) is 3.20. The summed E-state index contributed by atoms with van der Waals surface area (Å²) in [5, 5.41) is 20.8. The van der Waals surface area contributed by atoms with Crippen LogP contribution in [0.2, 0.25) is 0 Å². The molecule has 0 radical (unpaired) electrons. The summed E-state index contributed by atoms with van der Waals surface area (Å²) in [5.41, 5.74) is -5.79. The molecule has 16 heteroatoms. The van der Waals surface area contributed by atoms with Gasteiger partial charge in [0.05, 0.1) is 22.7 Å². The van der Waals surface area contributed by atoms with Crippen molar-refractivity contribution in [2.75, 3.05) is 0 Å². The first-order chi connectivity index (χ1) is 21.1. The molecule has 0 saturated heterocycles. The molecule has 0 amide bonds. The average Bonchev–Trinajstić information content (AvgIpc) is 2.97. The second-order valence-corrected chi connectivity index (χ2v) is 11.2. The fourth-order valence-electron chi connectivity index (χ4n) is 4.59. The first-order valence-corrected chi connectivity index (χ1v) is 14.0. The number of benzene rings is 4. The zero-order valence-electron chi connectivity index (χ0n) is 22.8. The van der Waals surface area contributed by atoms with Gasteiger partial charge < -0.3 is 18.4 Å². The van der Waals surface area contributed by atoms with Crippen LogP contribution in [0.1, 0.15) is 24.2 Å². The van der Waals surface area contributed by atoms with Gasteiger partial charge in [0, 0.05) is 16.5 Å². The first kappa shape index (κ1) is 30.9. The minimum absolute atomic E-state index is 0.0882. The third-order valence-electron chi connectivity index (χ3n) is 6.39. The van der Waals surface area contributed by atoms with Gasteiger partial charge in [0.15, 0.2) is 27.9 Å². The summed E-state index contributed by atoms with van der Waals surface area (Å²) in [4.78, 5) is 33.5. The molecule has 0 bridgehead atoms. The second-order valence-electron chi connectivity index (χ2n) is 9.67. The van der Waals surface area contributed by atoms with Gasteiger partial charge in [0.25, 0.3) is 11.1 Å². The van der Waals surface area contributed by atoms with Crippen molar-refractivity contribution < 1.29 is 54.1 Å². The summed E-state index contributed by atoms with van der Waals surface area (Å²) in [7, 11) is -5.36. The molecule has 3 aromatic rings. The zero-order chi connectivity index (χ0) is 33.0. The Morgan fingerprint density at radius 2 is 1.67 bits per heavy atom. The van der Waals surface area contributed by atoms with E-state index in [0.717, 1.165) is 30.3 Å². The molecule has 0 unspecified atom stereocenters. The Bertz CT molecular complexity index is 2200. The van der Waals surface area contributed by atoms with E-state index in [1.54, 1.807) is 13.8 Å². The molecule has 1 aliphatic heterocycles. The van der Waals surface area contributed by atoms with Crippen molar-refractivity contribution in [3.05, 3.63) is 104 Å². The normalized spacial score (nSPS) is 11.7. The molecule has 3 aromatic carbocycles. The highest BCUT2D eigenvalue weighted by molar-refractivity contribution is 7.87. The Hall–Kier alpha value is -5.51. The minimum atomic E-state index is -5.36. The number of nitro benzene ring substituents is 1. The Morgan fingerprint density at radius 1 is 0.978 bits per heavy atom. The van der Waals surface area contributed by atoms with Crippen molar-refractivity contribution in [3.63, 3.8) is 0 Å². The number of hydrogen-bond donors (Lipinski definition) is 1. The minimum Gasteiger partial charge on any atom is -0.491 e. The van der Waals surface area contributed by atoms with Gasteiger partial charge in [-0.25, -0.2) is 13.6 Å². The Balaban J connectivity index is 1.80. The summed E-state index contributed by atoms with van der Waals surface area (Å²) in [6, 6.07) is 8.36. The molecule has 2 aliphatic rings. The van der Waals surface area contributed by atoms with Gasteiger partial charge in [-0.2, -0.15) is 17.2 Å². The van der Waals surface area contributed by atoms with Crippen molar-refractivity contribution in [2.45, 2.75) is 24.8 Å². The zero-order valence-corrected chi connectivity index (χ0v) is 23.6. The summed E-state index contributed by atoms with van der Waals surface area (Å²) >= 11 is 0. The number of carboxylic acids is 1. The molecule has 232 valence electrons. The van der Waals surface area contributed by atoms with Gasteiger partial charge in [-0.05, 0) is 49.7 Å². The quantitative estimate of drug-likeness (QED) is 0.0666. The molecule has 0 aromatic heterocycles. The summed E-state index contributed by atoms with van der Waals surface area (Å²) in [6.07, 6.45) is -0.449. The van der Waals surface area contributed by atoms with Gasteiger partial charge in [0.2, 0.25) is 17.4 Å². The van der Waals surface area contributed by atoms with E-state index in [1.807, 2.05) is 0 Å². The number of halogens is 4. The van der Waals surface area contributed by atoms with Crippen LogP contribution in [0.15, 0.2) is 68.7 Å². The standard InChI is InChI=1S/C29H17F4NO10S/c1-12(2)42-13-7-8-21(20(9-13)34(38)39)45(40,41)44-28-19(31)11-17-22(14-5-3-4-6-15(14)29(36)37)16-10-18(30)25(35)23(32)26(16)43-27(17)24(28)33/h3-12H,1-2H3,(H,36,37). The second kappa shape index (κ2) is 11.2. The van der Waals surface area contributed by atoms with Gasteiger partial charge in [-0.15, -0.1) is 0 Å². The van der Waals surface area contributed by atoms with Crippen LogP contribution in [0.4, 0.5) is 23.2 Å². The van der Waals surface area contributed by atoms with Crippen molar-refractivity contribution in [1.29, 1.82) is 0 Å². The molecule has 11 nitrogen and oxygen atoms in total. The highest BCUT2D eigenvalue weighted by Gasteiger charge is 2.34. The smallest absolute Gasteiger partial charge is 0.346 e. The van der Waals surface area contributed by atoms with Gasteiger partial charge >= 0.3 is 16.1 Å². The van der Waals surface area contributed by atoms with Crippen LogP contribution in [0.5, 0.6) is 11.5 Å². The molecule has 45 heavy (non-hydrogen) atoms. The predicted molar refractivity (Wildman–Crippen MR) is 148 cm³/mol. The SMILES string of the molecule is CC(C)Oc1ccc(S(=O)(=O)Oc2c(F)cc3c(-c4ccccc4C(=O)O)c4cc(F)c(=O)c(F)c-4oc3c2F)c([N+](=O)[O-])c1. The predicted octanol–water partition coefficient (Wildman–Crippen LogP) is 6.28. The van der Waals surface area contributed by atoms with E-state index in [4.69, 9.17) is 9.15 Å². The lowest BCUT2D eigenvalue weighted by atomic mass is 9.90. The molecule has 1 aliphatic carbocycles.